The molecule has 0 fully saturated rings. The van der Waals surface area contributed by atoms with Crippen LogP contribution in [-0.4, -0.2) is 41.6 Å². The van der Waals surface area contributed by atoms with E-state index >= 15 is 0 Å². The van der Waals surface area contributed by atoms with Crippen molar-refractivity contribution in [1.82, 2.24) is 10.2 Å². The molecule has 0 saturated heterocycles. The summed E-state index contributed by atoms with van der Waals surface area (Å²) >= 11 is 1.37. The largest absolute Gasteiger partial charge is 0.465 e. The summed E-state index contributed by atoms with van der Waals surface area (Å²) in [6.07, 6.45) is 0.949. The normalized spacial score (nSPS) is 14.9. The molecule has 9 nitrogen and oxygen atoms in total. The van der Waals surface area contributed by atoms with Gasteiger partial charge in [-0.25, -0.2) is 4.79 Å². The highest BCUT2D eigenvalue weighted by Gasteiger charge is 2.30. The van der Waals surface area contributed by atoms with E-state index in [-0.39, 0.29) is 18.2 Å². The quantitative estimate of drug-likeness (QED) is 0.277. The van der Waals surface area contributed by atoms with Crippen molar-refractivity contribution in [2.24, 2.45) is 0 Å². The minimum atomic E-state index is -0.472. The summed E-state index contributed by atoms with van der Waals surface area (Å²) in [7, 11) is 1.32. The van der Waals surface area contributed by atoms with Gasteiger partial charge >= 0.3 is 5.97 Å². The number of nitrogens with zero attached hydrogens (tertiary/aromatic N) is 3. The molecule has 2 aliphatic heterocycles. The number of rotatable bonds is 6. The molecule has 39 heavy (non-hydrogen) atoms. The number of nitrogens with one attached hydrogen (secondary N) is 2. The first-order chi connectivity index (χ1) is 19.0. The average molecular weight is 538 g/mol. The summed E-state index contributed by atoms with van der Waals surface area (Å²) in [5, 5.41) is 14.9. The maximum absolute atomic E-state index is 13.2. The number of hydrogen-bond acceptors (Lipinski definition) is 8. The molecule has 0 spiro atoms. The van der Waals surface area contributed by atoms with Crippen LogP contribution < -0.4 is 15.5 Å². The van der Waals surface area contributed by atoms with Gasteiger partial charge in [0.05, 0.1) is 36.1 Å². The number of aromatic nitrogens is 2. The Morgan fingerprint density at radius 2 is 1.92 bits per heavy atom. The topological polar surface area (TPSA) is 114 Å². The van der Waals surface area contributed by atoms with E-state index in [0.717, 1.165) is 28.9 Å². The molecule has 3 heterocycles. The molecule has 0 radical (unpaired) electrons. The first kappa shape index (κ1) is 24.5. The van der Waals surface area contributed by atoms with E-state index in [1.807, 2.05) is 48.5 Å². The van der Waals surface area contributed by atoms with Crippen LogP contribution in [0.5, 0.6) is 0 Å². The van der Waals surface area contributed by atoms with Crippen molar-refractivity contribution in [2.75, 3.05) is 29.2 Å². The lowest BCUT2D eigenvalue weighted by Crippen LogP contribution is -2.30. The Morgan fingerprint density at radius 1 is 1.08 bits per heavy atom. The Labute approximate surface area is 228 Å². The molecule has 2 N–H and O–H groups in total. The fourth-order valence-corrected chi connectivity index (χ4v) is 5.45. The second kappa shape index (κ2) is 10.1. The van der Waals surface area contributed by atoms with Gasteiger partial charge in [0.25, 0.3) is 5.91 Å². The number of hydrogen-bond donors (Lipinski definition) is 2. The molecule has 6 rings (SSSR count). The van der Waals surface area contributed by atoms with E-state index in [1.54, 1.807) is 28.6 Å². The average Bonchev–Trinajstić information content (AvgIpc) is 3.69. The monoisotopic (exact) mass is 537 g/mol. The minimum absolute atomic E-state index is 0.0103. The third-order valence-electron chi connectivity index (χ3n) is 6.75. The molecular weight excluding hydrogens is 514 g/mol. The van der Waals surface area contributed by atoms with E-state index in [1.165, 1.54) is 18.4 Å². The van der Waals surface area contributed by atoms with Gasteiger partial charge in [0.15, 0.2) is 0 Å². The van der Waals surface area contributed by atoms with Gasteiger partial charge in [-0.15, -0.1) is 21.5 Å². The predicted molar refractivity (Wildman–Crippen MR) is 149 cm³/mol. The van der Waals surface area contributed by atoms with Crippen molar-refractivity contribution >= 4 is 57.5 Å². The molecule has 0 aliphatic carbocycles. The number of esters is 1. The number of fused-ring (bicyclic) bond motifs is 2. The molecule has 2 aliphatic rings. The number of carbonyl (C=O) groups is 3. The third-order valence-corrected chi connectivity index (χ3v) is 7.45. The van der Waals surface area contributed by atoms with Crippen LogP contribution in [0, 0.1) is 0 Å². The molecule has 194 valence electrons. The first-order valence-electron chi connectivity index (χ1n) is 12.3. The lowest BCUT2D eigenvalue weighted by molar-refractivity contribution is -0.118. The van der Waals surface area contributed by atoms with Crippen molar-refractivity contribution in [3.63, 3.8) is 0 Å². The van der Waals surface area contributed by atoms with Crippen molar-refractivity contribution < 1.29 is 19.1 Å². The number of amides is 2. The third kappa shape index (κ3) is 4.66. The van der Waals surface area contributed by atoms with Gasteiger partial charge in [0, 0.05) is 23.5 Å². The molecule has 1 aromatic heterocycles. The van der Waals surface area contributed by atoms with E-state index < -0.39 is 5.97 Å². The second-order valence-electron chi connectivity index (χ2n) is 9.10. The Balaban J connectivity index is 1.35. The van der Waals surface area contributed by atoms with Gasteiger partial charge in [-0.05, 0) is 47.9 Å². The van der Waals surface area contributed by atoms with Crippen LogP contribution in [-0.2, 0) is 27.2 Å². The van der Waals surface area contributed by atoms with Gasteiger partial charge in [0.1, 0.15) is 10.5 Å². The summed E-state index contributed by atoms with van der Waals surface area (Å²) in [4.78, 5) is 40.0. The Kier molecular flexibility index (Phi) is 6.37. The van der Waals surface area contributed by atoms with Crippen molar-refractivity contribution in [2.45, 2.75) is 12.8 Å². The molecule has 0 unspecified atom stereocenters. The molecule has 0 atom stereocenters. The summed E-state index contributed by atoms with van der Waals surface area (Å²) in [5.74, 6) is -0.753. The van der Waals surface area contributed by atoms with Crippen molar-refractivity contribution in [3.8, 4) is 0 Å². The summed E-state index contributed by atoms with van der Waals surface area (Å²) in [6, 6.07) is 20.5. The highest BCUT2D eigenvalue weighted by Crippen LogP contribution is 2.39. The second-order valence-corrected chi connectivity index (χ2v) is 10.0. The SMILES string of the molecule is COC(=O)c1ccc2c(c1)NC(=O)/C2=C(\Nc1ccc2c(c1)CCN2C(=O)Cc1nncs1)c1ccccc1. The molecule has 2 amide bonds. The molecular formula is C29H23N5O4S. The van der Waals surface area contributed by atoms with Crippen LogP contribution in [0.25, 0.3) is 11.3 Å². The predicted octanol–water partition coefficient (Wildman–Crippen LogP) is 4.39. The zero-order chi connectivity index (χ0) is 26.9. The van der Waals surface area contributed by atoms with Crippen molar-refractivity contribution in [1.29, 1.82) is 0 Å². The molecule has 0 bridgehead atoms. The highest BCUT2D eigenvalue weighted by atomic mass is 32.1. The smallest absolute Gasteiger partial charge is 0.337 e. The maximum Gasteiger partial charge on any atom is 0.337 e. The summed E-state index contributed by atoms with van der Waals surface area (Å²) < 4.78 is 4.82. The standard InChI is InChI=1S/C29H23N5O4S/c1-38-29(37)19-7-9-21-22(14-19)32-28(36)26(21)27(17-5-3-2-4-6-17)31-20-8-10-23-18(13-20)11-12-34(23)25(35)15-24-33-30-16-39-24/h2-10,13-14,16,31H,11-12,15H2,1H3,(H,32,36)/b27-26-. The zero-order valence-corrected chi connectivity index (χ0v) is 21.7. The van der Waals surface area contributed by atoms with E-state index in [9.17, 15) is 14.4 Å². The van der Waals surface area contributed by atoms with E-state index in [4.69, 9.17) is 4.74 Å². The first-order valence-corrected chi connectivity index (χ1v) is 13.2. The Bertz CT molecular complexity index is 1630. The number of benzene rings is 3. The van der Waals surface area contributed by atoms with Crippen LogP contribution in [0.3, 0.4) is 0 Å². The summed E-state index contributed by atoms with van der Waals surface area (Å²) in [5.41, 5.74) is 7.88. The molecule has 3 aromatic carbocycles. The Morgan fingerprint density at radius 3 is 2.69 bits per heavy atom. The fraction of sp³-hybridized carbons (Fsp3) is 0.138. The number of ether oxygens (including phenoxy) is 1. The van der Waals surface area contributed by atoms with Crippen molar-refractivity contribution in [3.05, 3.63) is 99.5 Å². The van der Waals surface area contributed by atoms with Crippen LogP contribution in [0.1, 0.15) is 32.1 Å². The van der Waals surface area contributed by atoms with Crippen LogP contribution in [0.2, 0.25) is 0 Å². The molecule has 10 heteroatoms. The van der Waals surface area contributed by atoms with E-state index in [0.29, 0.717) is 39.6 Å². The minimum Gasteiger partial charge on any atom is -0.465 e. The maximum atomic E-state index is 13.2. The lowest BCUT2D eigenvalue weighted by Gasteiger charge is -2.18. The number of carbonyl (C=O) groups excluding carboxylic acids is 3. The van der Waals surface area contributed by atoms with Gasteiger partial charge < -0.3 is 20.3 Å². The zero-order valence-electron chi connectivity index (χ0n) is 20.9. The van der Waals surface area contributed by atoms with Gasteiger partial charge in [-0.2, -0.15) is 0 Å². The number of methoxy groups -OCH3 is 1. The van der Waals surface area contributed by atoms with Gasteiger partial charge in [0.2, 0.25) is 5.91 Å². The Hall–Kier alpha value is -4.83. The van der Waals surface area contributed by atoms with Crippen LogP contribution in [0.4, 0.5) is 17.1 Å². The fourth-order valence-electron chi connectivity index (χ4n) is 4.93. The summed E-state index contributed by atoms with van der Waals surface area (Å²) in [6.45, 7) is 0.599. The lowest BCUT2D eigenvalue weighted by atomic mass is 9.99. The number of anilines is 3. The molecule has 4 aromatic rings. The van der Waals surface area contributed by atoms with Crippen LogP contribution >= 0.6 is 11.3 Å². The van der Waals surface area contributed by atoms with E-state index in [2.05, 4.69) is 20.8 Å². The highest BCUT2D eigenvalue weighted by molar-refractivity contribution is 7.09. The molecule has 0 saturated carbocycles. The van der Waals surface area contributed by atoms with Crippen LogP contribution in [0.15, 0.2) is 72.2 Å². The van der Waals surface area contributed by atoms with Gasteiger partial charge in [-0.3, -0.25) is 9.59 Å². The van der Waals surface area contributed by atoms with Gasteiger partial charge in [-0.1, -0.05) is 36.4 Å².